The van der Waals surface area contributed by atoms with Crippen LogP contribution in [0.5, 0.6) is 0 Å². The van der Waals surface area contributed by atoms with E-state index in [1.54, 1.807) is 19.1 Å². The van der Waals surface area contributed by atoms with Gasteiger partial charge < -0.3 is 10.6 Å². The number of hydrogen-bond donors (Lipinski definition) is 2. The van der Waals surface area contributed by atoms with Gasteiger partial charge in [0.05, 0.1) is 11.0 Å². The molecule has 1 saturated heterocycles. The number of nitro groups is 1. The van der Waals surface area contributed by atoms with E-state index in [0.717, 1.165) is 19.4 Å². The third kappa shape index (κ3) is 2.65. The van der Waals surface area contributed by atoms with E-state index in [-0.39, 0.29) is 17.6 Å². The normalized spacial score (nSPS) is 18.6. The van der Waals surface area contributed by atoms with Gasteiger partial charge in [0.1, 0.15) is 0 Å². The summed E-state index contributed by atoms with van der Waals surface area (Å²) in [6, 6.07) is 4.51. The van der Waals surface area contributed by atoms with Crippen LogP contribution in [0.4, 0.5) is 11.4 Å². The number of rotatable bonds is 3. The summed E-state index contributed by atoms with van der Waals surface area (Å²) in [5, 5.41) is 16.6. The van der Waals surface area contributed by atoms with Gasteiger partial charge >= 0.3 is 0 Å². The Morgan fingerprint density at radius 3 is 2.94 bits per heavy atom. The highest BCUT2D eigenvalue weighted by atomic mass is 16.6. The van der Waals surface area contributed by atoms with E-state index < -0.39 is 4.92 Å². The third-order valence-corrected chi connectivity index (χ3v) is 3.05. The van der Waals surface area contributed by atoms with Gasteiger partial charge in [-0.25, -0.2) is 0 Å². The first-order chi connectivity index (χ1) is 8.58. The zero-order chi connectivity index (χ0) is 13.1. The van der Waals surface area contributed by atoms with Crippen molar-refractivity contribution in [2.24, 2.45) is 0 Å². The SMILES string of the molecule is Cc1ccc(NC(=O)[C@@H]2CCCN2)cc1[N+](=O)[O-]. The zero-order valence-electron chi connectivity index (χ0n) is 10.1. The van der Waals surface area contributed by atoms with Crippen LogP contribution in [0, 0.1) is 17.0 Å². The number of amides is 1. The molecule has 0 aromatic heterocycles. The second kappa shape index (κ2) is 5.14. The van der Waals surface area contributed by atoms with Crippen LogP contribution in [0.1, 0.15) is 18.4 Å². The fourth-order valence-corrected chi connectivity index (χ4v) is 2.02. The standard InChI is InChI=1S/C12H15N3O3/c1-8-4-5-9(7-11(8)15(17)18)14-12(16)10-3-2-6-13-10/h4-5,7,10,13H,2-3,6H2,1H3,(H,14,16)/t10-/m0/s1. The summed E-state index contributed by atoms with van der Waals surface area (Å²) in [7, 11) is 0. The molecule has 2 N–H and O–H groups in total. The minimum atomic E-state index is -0.446. The van der Waals surface area contributed by atoms with Crippen molar-refractivity contribution in [1.82, 2.24) is 5.32 Å². The lowest BCUT2D eigenvalue weighted by molar-refractivity contribution is -0.385. The van der Waals surface area contributed by atoms with Gasteiger partial charge in [0.25, 0.3) is 5.69 Å². The van der Waals surface area contributed by atoms with Gasteiger partial charge in [-0.2, -0.15) is 0 Å². The van der Waals surface area contributed by atoms with Gasteiger partial charge in [0, 0.05) is 17.3 Å². The highest BCUT2D eigenvalue weighted by Crippen LogP contribution is 2.22. The smallest absolute Gasteiger partial charge is 0.274 e. The Morgan fingerprint density at radius 1 is 1.56 bits per heavy atom. The average molecular weight is 249 g/mol. The lowest BCUT2D eigenvalue weighted by Gasteiger charge is -2.11. The fraction of sp³-hybridized carbons (Fsp3) is 0.417. The van der Waals surface area contributed by atoms with Crippen molar-refractivity contribution in [1.29, 1.82) is 0 Å². The van der Waals surface area contributed by atoms with E-state index in [1.807, 2.05) is 0 Å². The van der Waals surface area contributed by atoms with Gasteiger partial charge in [-0.15, -0.1) is 0 Å². The predicted octanol–water partition coefficient (Wildman–Crippen LogP) is 1.59. The molecule has 2 rings (SSSR count). The third-order valence-electron chi connectivity index (χ3n) is 3.05. The van der Waals surface area contributed by atoms with Crippen LogP contribution in [0.25, 0.3) is 0 Å². The molecule has 1 aliphatic heterocycles. The molecule has 6 heteroatoms. The number of aryl methyl sites for hydroxylation is 1. The molecule has 0 radical (unpaired) electrons. The van der Waals surface area contributed by atoms with Crippen molar-refractivity contribution in [3.63, 3.8) is 0 Å². The summed E-state index contributed by atoms with van der Waals surface area (Å²) < 4.78 is 0. The lowest BCUT2D eigenvalue weighted by atomic mass is 10.1. The van der Waals surface area contributed by atoms with Crippen LogP contribution in [0.15, 0.2) is 18.2 Å². The Kier molecular flexibility index (Phi) is 3.57. The fourth-order valence-electron chi connectivity index (χ4n) is 2.02. The van der Waals surface area contributed by atoms with Gasteiger partial charge in [-0.1, -0.05) is 6.07 Å². The van der Waals surface area contributed by atoms with Gasteiger partial charge in [-0.05, 0) is 32.4 Å². The van der Waals surface area contributed by atoms with Crippen molar-refractivity contribution in [2.45, 2.75) is 25.8 Å². The van der Waals surface area contributed by atoms with E-state index in [9.17, 15) is 14.9 Å². The number of carbonyl (C=O) groups is 1. The zero-order valence-corrected chi connectivity index (χ0v) is 10.1. The van der Waals surface area contributed by atoms with Crippen molar-refractivity contribution in [3.05, 3.63) is 33.9 Å². The summed E-state index contributed by atoms with van der Waals surface area (Å²) >= 11 is 0. The molecule has 0 aliphatic carbocycles. The quantitative estimate of drug-likeness (QED) is 0.629. The predicted molar refractivity (Wildman–Crippen MR) is 67.5 cm³/mol. The van der Waals surface area contributed by atoms with E-state index in [2.05, 4.69) is 10.6 Å². The highest BCUT2D eigenvalue weighted by Gasteiger charge is 2.22. The second-order valence-corrected chi connectivity index (χ2v) is 4.40. The summed E-state index contributed by atoms with van der Waals surface area (Å²) in [4.78, 5) is 22.2. The maximum atomic E-state index is 11.8. The van der Waals surface area contributed by atoms with Gasteiger partial charge in [0.2, 0.25) is 5.91 Å². The largest absolute Gasteiger partial charge is 0.324 e. The Labute approximate surface area is 105 Å². The van der Waals surface area contributed by atoms with Crippen LogP contribution in [-0.2, 0) is 4.79 Å². The minimum Gasteiger partial charge on any atom is -0.324 e. The molecule has 0 spiro atoms. The Morgan fingerprint density at radius 2 is 2.33 bits per heavy atom. The molecule has 1 fully saturated rings. The van der Waals surface area contributed by atoms with Crippen LogP contribution in [0.3, 0.4) is 0 Å². The number of nitro benzene ring substituents is 1. The first-order valence-electron chi connectivity index (χ1n) is 5.87. The molecule has 96 valence electrons. The van der Waals surface area contributed by atoms with Crippen LogP contribution < -0.4 is 10.6 Å². The molecule has 1 aliphatic rings. The number of nitrogens with one attached hydrogen (secondary N) is 2. The van der Waals surface area contributed by atoms with E-state index in [0.29, 0.717) is 11.3 Å². The molecule has 1 aromatic rings. The van der Waals surface area contributed by atoms with Gasteiger partial charge in [0.15, 0.2) is 0 Å². The molecule has 0 bridgehead atoms. The Bertz CT molecular complexity index is 481. The number of hydrogen-bond acceptors (Lipinski definition) is 4. The van der Waals surface area contributed by atoms with Crippen LogP contribution in [-0.4, -0.2) is 23.4 Å². The number of nitrogens with zero attached hydrogens (tertiary/aromatic N) is 1. The Balaban J connectivity index is 2.11. The number of carbonyl (C=O) groups excluding carboxylic acids is 1. The minimum absolute atomic E-state index is 0.0205. The molecule has 1 aromatic carbocycles. The summed E-state index contributed by atoms with van der Waals surface area (Å²) in [6.07, 6.45) is 1.78. The summed E-state index contributed by atoms with van der Waals surface area (Å²) in [5.74, 6) is -0.134. The van der Waals surface area contributed by atoms with Crippen LogP contribution >= 0.6 is 0 Å². The van der Waals surface area contributed by atoms with E-state index >= 15 is 0 Å². The van der Waals surface area contributed by atoms with E-state index in [1.165, 1.54) is 6.07 Å². The van der Waals surface area contributed by atoms with Crippen molar-refractivity contribution < 1.29 is 9.72 Å². The van der Waals surface area contributed by atoms with Gasteiger partial charge in [-0.3, -0.25) is 14.9 Å². The van der Waals surface area contributed by atoms with Crippen molar-refractivity contribution in [2.75, 3.05) is 11.9 Å². The molecular weight excluding hydrogens is 234 g/mol. The maximum absolute atomic E-state index is 11.8. The summed E-state index contributed by atoms with van der Waals surface area (Å²) in [5.41, 5.74) is 1.06. The molecule has 1 heterocycles. The summed E-state index contributed by atoms with van der Waals surface area (Å²) in [6.45, 7) is 2.51. The Hall–Kier alpha value is -1.95. The van der Waals surface area contributed by atoms with E-state index in [4.69, 9.17) is 0 Å². The molecule has 18 heavy (non-hydrogen) atoms. The molecule has 1 atom stereocenters. The lowest BCUT2D eigenvalue weighted by Crippen LogP contribution is -2.35. The first kappa shape index (κ1) is 12.5. The molecule has 0 unspecified atom stereocenters. The highest BCUT2D eigenvalue weighted by molar-refractivity contribution is 5.95. The van der Waals surface area contributed by atoms with Crippen LogP contribution in [0.2, 0.25) is 0 Å². The van der Waals surface area contributed by atoms with Crippen molar-refractivity contribution in [3.8, 4) is 0 Å². The number of benzene rings is 1. The maximum Gasteiger partial charge on any atom is 0.274 e. The molecular formula is C12H15N3O3. The molecule has 1 amide bonds. The monoisotopic (exact) mass is 249 g/mol. The molecule has 6 nitrogen and oxygen atoms in total. The average Bonchev–Trinajstić information content (AvgIpc) is 2.85. The van der Waals surface area contributed by atoms with Crippen molar-refractivity contribution >= 4 is 17.3 Å². The number of anilines is 1. The topological polar surface area (TPSA) is 84.3 Å². The molecule has 0 saturated carbocycles. The first-order valence-corrected chi connectivity index (χ1v) is 5.87. The second-order valence-electron chi connectivity index (χ2n) is 4.40.